The number of carbonyl (C=O) groups excluding carboxylic acids is 1. The van der Waals surface area contributed by atoms with E-state index in [1.807, 2.05) is 0 Å². The molecule has 0 aromatic heterocycles. The zero-order chi connectivity index (χ0) is 47.2. The van der Waals surface area contributed by atoms with E-state index < -0.39 is 115 Å². The van der Waals surface area contributed by atoms with Crippen molar-refractivity contribution in [2.75, 3.05) is 19.8 Å². The molecule has 0 radical (unpaired) electrons. The fourth-order valence-electron chi connectivity index (χ4n) is 16.1. The highest BCUT2D eigenvalue weighted by atomic mass is 16.8. The van der Waals surface area contributed by atoms with E-state index in [0.29, 0.717) is 25.7 Å². The number of fused-ring (bicyclic) bond motifs is 2. The maximum atomic E-state index is 12.4. The summed E-state index contributed by atoms with van der Waals surface area (Å²) in [7, 11) is 0. The SMILES string of the molecule is CC(=O)O[C@H]1[C@@H](O[C@@H]2OC[C@H](O)[C@@H](O)[C@H]2O)[C@@H](O[C@@H]2CC[C@]34C[C@]35CC[C@]3(C)[C@H]([C@]6(C)CC[C@@H](C(C)(C)O)O6)[C@@H](O)C[C@@]3(C)[C@@H]5C[C@H](O[C@@H]3OC[C@H](O)[C@H](O)[C@@H]3O)[C@@H]4C2(C)C)OC[C@H]1O. The second-order valence-electron chi connectivity index (χ2n) is 23.6. The molecule has 9 aliphatic rings. The molecule has 18 heteroatoms. The topological polar surface area (TPSA) is 273 Å². The average Bonchev–Trinajstić information content (AvgIpc) is 3.58. The van der Waals surface area contributed by atoms with Crippen LogP contribution in [-0.2, 0) is 42.7 Å². The van der Waals surface area contributed by atoms with Gasteiger partial charge >= 0.3 is 5.97 Å². The first-order chi connectivity index (χ1) is 30.2. The molecule has 0 aromatic rings. The Bertz CT molecular complexity index is 1780. The Morgan fingerprint density at radius 1 is 0.631 bits per heavy atom. The van der Waals surface area contributed by atoms with Crippen LogP contribution in [0.3, 0.4) is 0 Å². The third-order valence-electron chi connectivity index (χ3n) is 19.2. The van der Waals surface area contributed by atoms with Gasteiger partial charge in [0.15, 0.2) is 31.1 Å². The predicted molar refractivity (Wildman–Crippen MR) is 224 cm³/mol. The summed E-state index contributed by atoms with van der Waals surface area (Å²) in [6.45, 7) is 14.9. The average molecular weight is 929 g/mol. The molecular weight excluding hydrogens is 852 g/mol. The fourth-order valence-corrected chi connectivity index (χ4v) is 16.1. The molecule has 5 aliphatic carbocycles. The molecule has 0 unspecified atom stereocenters. The van der Waals surface area contributed by atoms with Gasteiger partial charge in [0, 0.05) is 12.8 Å². The smallest absolute Gasteiger partial charge is 0.303 e. The maximum absolute atomic E-state index is 12.4. The second-order valence-corrected chi connectivity index (χ2v) is 23.6. The van der Waals surface area contributed by atoms with Gasteiger partial charge in [0.05, 0.1) is 55.4 Å². The van der Waals surface area contributed by atoms with E-state index in [0.717, 1.165) is 32.1 Å². The minimum atomic E-state index is -1.69. The van der Waals surface area contributed by atoms with Gasteiger partial charge in [-0.3, -0.25) is 4.79 Å². The zero-order valence-corrected chi connectivity index (χ0v) is 39.2. The van der Waals surface area contributed by atoms with Crippen molar-refractivity contribution in [2.24, 2.45) is 44.8 Å². The molecule has 0 aromatic carbocycles. The minimum absolute atomic E-state index is 0.0791. The number of aliphatic hydroxyl groups excluding tert-OH is 8. The van der Waals surface area contributed by atoms with E-state index in [2.05, 4.69) is 34.6 Å². The number of hydrogen-bond acceptors (Lipinski definition) is 18. The molecule has 9 N–H and O–H groups in total. The second kappa shape index (κ2) is 16.5. The summed E-state index contributed by atoms with van der Waals surface area (Å²) in [5, 5.41) is 98.3. The molecule has 5 saturated carbocycles. The molecule has 2 spiro atoms. The van der Waals surface area contributed by atoms with Crippen LogP contribution in [0.15, 0.2) is 0 Å². The van der Waals surface area contributed by atoms with Crippen molar-refractivity contribution in [1.82, 2.24) is 0 Å². The molecule has 24 atom stereocenters. The number of carbonyl (C=O) groups is 1. The quantitative estimate of drug-likeness (QED) is 0.112. The van der Waals surface area contributed by atoms with E-state index in [9.17, 15) is 50.8 Å². The van der Waals surface area contributed by atoms with E-state index >= 15 is 0 Å². The summed E-state index contributed by atoms with van der Waals surface area (Å²) in [5.74, 6) is -1.02. The van der Waals surface area contributed by atoms with Crippen molar-refractivity contribution in [1.29, 1.82) is 0 Å². The van der Waals surface area contributed by atoms with Crippen LogP contribution in [0.5, 0.6) is 0 Å². The van der Waals surface area contributed by atoms with Crippen LogP contribution in [0.25, 0.3) is 0 Å². The van der Waals surface area contributed by atoms with Crippen LogP contribution in [0.1, 0.15) is 113 Å². The summed E-state index contributed by atoms with van der Waals surface area (Å²) in [6.07, 6.45) is -12.5. The van der Waals surface area contributed by atoms with Gasteiger partial charge in [0.2, 0.25) is 0 Å². The highest BCUT2D eigenvalue weighted by molar-refractivity contribution is 5.66. The Kier molecular flexibility index (Phi) is 12.4. The van der Waals surface area contributed by atoms with Gasteiger partial charge in [-0.05, 0) is 117 Å². The zero-order valence-electron chi connectivity index (χ0n) is 39.2. The van der Waals surface area contributed by atoms with Gasteiger partial charge in [0.25, 0.3) is 0 Å². The van der Waals surface area contributed by atoms with E-state index in [1.54, 1.807) is 13.8 Å². The lowest BCUT2D eigenvalue weighted by Crippen LogP contribution is -2.65. The van der Waals surface area contributed by atoms with Crippen LogP contribution in [0.4, 0.5) is 0 Å². The van der Waals surface area contributed by atoms with Gasteiger partial charge in [-0.2, -0.15) is 0 Å². The lowest BCUT2D eigenvalue weighted by molar-refractivity contribution is -0.359. The highest BCUT2D eigenvalue weighted by Gasteiger charge is 2.85. The van der Waals surface area contributed by atoms with Crippen LogP contribution in [0, 0.1) is 44.8 Å². The van der Waals surface area contributed by atoms with E-state index in [4.69, 9.17) is 37.9 Å². The Labute approximate surface area is 381 Å². The molecule has 4 saturated heterocycles. The lowest BCUT2D eigenvalue weighted by atomic mass is 9.41. The first-order valence-corrected chi connectivity index (χ1v) is 24.1. The van der Waals surface area contributed by atoms with Gasteiger partial charge in [-0.1, -0.05) is 27.7 Å². The first kappa shape index (κ1) is 48.8. The number of esters is 1. The van der Waals surface area contributed by atoms with Crippen molar-refractivity contribution >= 4 is 5.97 Å². The Hall–Kier alpha value is -1.17. The normalized spacial score (nSPS) is 56.2. The van der Waals surface area contributed by atoms with Crippen LogP contribution < -0.4 is 0 Å². The van der Waals surface area contributed by atoms with Crippen molar-refractivity contribution in [3.05, 3.63) is 0 Å². The molecule has 4 aliphatic heterocycles. The van der Waals surface area contributed by atoms with Gasteiger partial charge in [-0.25, -0.2) is 0 Å². The van der Waals surface area contributed by atoms with Gasteiger partial charge < -0.3 is 83.9 Å². The molecule has 0 bridgehead atoms. The van der Waals surface area contributed by atoms with Crippen LogP contribution in [0.2, 0.25) is 0 Å². The molecule has 0 amide bonds. The third kappa shape index (κ3) is 7.44. The summed E-state index contributed by atoms with van der Waals surface area (Å²) in [4.78, 5) is 12.4. The molecule has 372 valence electrons. The van der Waals surface area contributed by atoms with E-state index in [1.165, 1.54) is 6.92 Å². The number of rotatable bonds is 9. The van der Waals surface area contributed by atoms with Gasteiger partial charge in [-0.15, -0.1) is 0 Å². The van der Waals surface area contributed by atoms with Crippen LogP contribution >= 0.6 is 0 Å². The highest BCUT2D eigenvalue weighted by Crippen LogP contribution is 2.89. The largest absolute Gasteiger partial charge is 0.457 e. The molecule has 4 heterocycles. The Morgan fingerprint density at radius 2 is 1.23 bits per heavy atom. The fraction of sp³-hybridized carbons (Fsp3) is 0.979. The van der Waals surface area contributed by atoms with Crippen LogP contribution in [-0.4, -0.2) is 181 Å². The molecule has 65 heavy (non-hydrogen) atoms. The standard InChI is InChI=1S/C47H76O18/c1-21(48)61-34-25(52)19-60-40(35(34)64-39-33(56)31(54)24(51)18-59-39)63-28-10-12-47-20-46(47)14-13-43(6)36(45(8)11-9-29(65-45)42(4,5)57)22(49)16-44(43,7)27(46)15-26(37(47)41(28,2)3)62-38-32(55)30(53)23(50)17-58-38/h22-40,49-57H,9-20H2,1-8H3/t22-,23-,24-,25+,26-,27-,28+,29-,30-,31+,32-,33+,34+,35+,36+,37+,38-,39-,40+,43+,44-,45-,46-,47+/m0/s1. The molecule has 9 fully saturated rings. The maximum Gasteiger partial charge on any atom is 0.303 e. The predicted octanol–water partition coefficient (Wildman–Crippen LogP) is 0.397. The monoisotopic (exact) mass is 929 g/mol. The molecule has 18 nitrogen and oxygen atoms in total. The molecule has 9 rings (SSSR count). The summed E-state index contributed by atoms with van der Waals surface area (Å²) in [5.41, 5.74) is -3.47. The Morgan fingerprint density at radius 3 is 1.83 bits per heavy atom. The summed E-state index contributed by atoms with van der Waals surface area (Å²) in [6, 6.07) is 0. The van der Waals surface area contributed by atoms with Crippen molar-refractivity contribution < 1.29 is 88.6 Å². The minimum Gasteiger partial charge on any atom is -0.457 e. The number of ether oxygens (including phenoxy) is 8. The van der Waals surface area contributed by atoms with Crippen molar-refractivity contribution in [3.8, 4) is 0 Å². The van der Waals surface area contributed by atoms with Crippen molar-refractivity contribution in [3.63, 3.8) is 0 Å². The summed E-state index contributed by atoms with van der Waals surface area (Å²) < 4.78 is 50.1. The number of hydrogen-bond donors (Lipinski definition) is 9. The van der Waals surface area contributed by atoms with Crippen molar-refractivity contribution in [2.45, 2.75) is 223 Å². The summed E-state index contributed by atoms with van der Waals surface area (Å²) >= 11 is 0. The van der Waals surface area contributed by atoms with Gasteiger partial charge in [0.1, 0.15) is 42.7 Å². The third-order valence-corrected chi connectivity index (χ3v) is 19.2. The Balaban J connectivity index is 1.04. The first-order valence-electron chi connectivity index (χ1n) is 24.1. The molecular formula is C47H76O18. The van der Waals surface area contributed by atoms with E-state index in [-0.39, 0.29) is 65.3 Å². The number of aliphatic hydroxyl groups is 9. The lowest BCUT2D eigenvalue weighted by Gasteiger charge is -2.65.